The van der Waals surface area contributed by atoms with Gasteiger partial charge < -0.3 is 4.90 Å². The first-order valence-electron chi connectivity index (χ1n) is 4.42. The topological polar surface area (TPSA) is 64.9 Å². The first-order valence-corrected chi connectivity index (χ1v) is 4.42. The van der Waals surface area contributed by atoms with Crippen LogP contribution in [0.2, 0.25) is 0 Å². The molecule has 0 aliphatic heterocycles. The second-order valence-electron chi connectivity index (χ2n) is 3.01. The number of pyridine rings is 1. The summed E-state index contributed by atoms with van der Waals surface area (Å²) in [5, 5.41) is 3.47. The summed E-state index contributed by atoms with van der Waals surface area (Å²) >= 11 is 0. The lowest BCUT2D eigenvalue weighted by Crippen LogP contribution is -2.21. The maximum Gasteiger partial charge on any atom is 0.0543 e. The molecule has 0 radical (unpaired) electrons. The van der Waals surface area contributed by atoms with Crippen LogP contribution in [0.3, 0.4) is 0 Å². The lowest BCUT2D eigenvalue weighted by atomic mass is 10.3. The fourth-order valence-corrected chi connectivity index (χ4v) is 1.11. The third-order valence-electron chi connectivity index (χ3n) is 1.80. The average Bonchev–Trinajstić information content (AvgIpc) is 2.20. The highest BCUT2D eigenvalue weighted by atomic mass is 15.2. The van der Waals surface area contributed by atoms with Crippen LogP contribution >= 0.6 is 0 Å². The zero-order chi connectivity index (χ0) is 10.2. The molecule has 0 bridgehead atoms. The monoisotopic (exact) mass is 191 g/mol. The number of azide groups is 1. The van der Waals surface area contributed by atoms with Gasteiger partial charge in [0.2, 0.25) is 0 Å². The van der Waals surface area contributed by atoms with Crippen molar-refractivity contribution in [2.75, 3.05) is 20.1 Å². The Kier molecular flexibility index (Phi) is 4.47. The maximum absolute atomic E-state index is 8.10. The van der Waals surface area contributed by atoms with Crippen molar-refractivity contribution < 1.29 is 0 Å². The molecule has 0 aliphatic carbocycles. The number of aromatic nitrogens is 1. The zero-order valence-electron chi connectivity index (χ0n) is 8.17. The molecule has 0 spiro atoms. The second-order valence-corrected chi connectivity index (χ2v) is 3.01. The molecule has 0 atom stereocenters. The van der Waals surface area contributed by atoms with E-state index < -0.39 is 0 Å². The van der Waals surface area contributed by atoms with Crippen molar-refractivity contribution in [3.63, 3.8) is 0 Å². The lowest BCUT2D eigenvalue weighted by molar-refractivity contribution is 0.332. The summed E-state index contributed by atoms with van der Waals surface area (Å²) in [6.07, 6.45) is 1.77. The lowest BCUT2D eigenvalue weighted by Gasteiger charge is -2.13. The third-order valence-corrected chi connectivity index (χ3v) is 1.80. The Labute approximate surface area is 83.0 Å². The van der Waals surface area contributed by atoms with Crippen molar-refractivity contribution in [1.82, 2.24) is 9.88 Å². The second kappa shape index (κ2) is 5.96. The molecule has 0 unspecified atom stereocenters. The van der Waals surface area contributed by atoms with Gasteiger partial charge in [-0.15, -0.1) is 0 Å². The molecule has 74 valence electrons. The normalized spacial score (nSPS) is 9.86. The van der Waals surface area contributed by atoms with Crippen LogP contribution in [0.25, 0.3) is 10.4 Å². The van der Waals surface area contributed by atoms with Crippen LogP contribution in [0.15, 0.2) is 29.5 Å². The van der Waals surface area contributed by atoms with Gasteiger partial charge in [-0.1, -0.05) is 11.2 Å². The molecule has 0 fully saturated rings. The summed E-state index contributed by atoms with van der Waals surface area (Å²) in [5.41, 5.74) is 9.12. The SMILES string of the molecule is CN(CCN=[N+]=[N-])Cc1ccccn1. The van der Waals surface area contributed by atoms with E-state index in [1.54, 1.807) is 6.20 Å². The van der Waals surface area contributed by atoms with Crippen LogP contribution in [0, 0.1) is 0 Å². The van der Waals surface area contributed by atoms with Gasteiger partial charge in [-0.05, 0) is 24.7 Å². The van der Waals surface area contributed by atoms with E-state index in [1.807, 2.05) is 25.2 Å². The molecule has 1 aromatic heterocycles. The highest BCUT2D eigenvalue weighted by molar-refractivity contribution is 5.02. The van der Waals surface area contributed by atoms with E-state index in [2.05, 4.69) is 19.9 Å². The Hall–Kier alpha value is -1.58. The predicted molar refractivity (Wildman–Crippen MR) is 54.6 cm³/mol. The van der Waals surface area contributed by atoms with Crippen molar-refractivity contribution in [2.24, 2.45) is 5.11 Å². The van der Waals surface area contributed by atoms with Crippen LogP contribution in [0.5, 0.6) is 0 Å². The van der Waals surface area contributed by atoms with Crippen LogP contribution in [0.1, 0.15) is 5.69 Å². The van der Waals surface area contributed by atoms with Gasteiger partial charge in [-0.3, -0.25) is 4.98 Å². The van der Waals surface area contributed by atoms with Gasteiger partial charge in [-0.2, -0.15) is 0 Å². The standard InChI is InChI=1S/C9H13N5/c1-14(7-6-12-13-10)8-9-4-2-3-5-11-9/h2-5H,6-8H2,1H3. The van der Waals surface area contributed by atoms with Gasteiger partial charge in [0.25, 0.3) is 0 Å². The van der Waals surface area contributed by atoms with Gasteiger partial charge in [0.15, 0.2) is 0 Å². The number of hydrogen-bond acceptors (Lipinski definition) is 3. The zero-order valence-corrected chi connectivity index (χ0v) is 8.17. The van der Waals surface area contributed by atoms with Gasteiger partial charge in [0.1, 0.15) is 0 Å². The average molecular weight is 191 g/mol. The van der Waals surface area contributed by atoms with Gasteiger partial charge in [0.05, 0.1) is 5.69 Å². The Balaban J connectivity index is 2.33. The van der Waals surface area contributed by atoms with E-state index in [0.29, 0.717) is 6.54 Å². The largest absolute Gasteiger partial charge is 0.300 e. The molecule has 14 heavy (non-hydrogen) atoms. The van der Waals surface area contributed by atoms with Crippen molar-refractivity contribution in [3.8, 4) is 0 Å². The highest BCUT2D eigenvalue weighted by Gasteiger charge is 1.98. The molecule has 1 aromatic rings. The predicted octanol–water partition coefficient (Wildman–Crippen LogP) is 1.82. The van der Waals surface area contributed by atoms with Gasteiger partial charge in [-0.25, -0.2) is 0 Å². The van der Waals surface area contributed by atoms with E-state index in [0.717, 1.165) is 18.8 Å². The summed E-state index contributed by atoms with van der Waals surface area (Å²) in [5.74, 6) is 0. The van der Waals surface area contributed by atoms with Crippen molar-refractivity contribution in [3.05, 3.63) is 40.5 Å². The molecule has 1 heterocycles. The van der Waals surface area contributed by atoms with Gasteiger partial charge in [0, 0.05) is 30.7 Å². The summed E-state index contributed by atoms with van der Waals surface area (Å²) in [7, 11) is 1.97. The first-order chi connectivity index (χ1) is 6.83. The van der Waals surface area contributed by atoms with Crippen LogP contribution in [0.4, 0.5) is 0 Å². The summed E-state index contributed by atoms with van der Waals surface area (Å²) in [4.78, 5) is 8.97. The fraction of sp³-hybridized carbons (Fsp3) is 0.444. The van der Waals surface area contributed by atoms with Crippen molar-refractivity contribution in [1.29, 1.82) is 0 Å². The van der Waals surface area contributed by atoms with Crippen LogP contribution in [-0.4, -0.2) is 30.0 Å². The Bertz CT molecular complexity index is 304. The smallest absolute Gasteiger partial charge is 0.0543 e. The molecule has 0 aliphatic rings. The molecule has 0 amide bonds. The quantitative estimate of drug-likeness (QED) is 0.405. The van der Waals surface area contributed by atoms with E-state index >= 15 is 0 Å². The summed E-state index contributed by atoms with van der Waals surface area (Å²) in [6.45, 7) is 2.03. The Morgan fingerprint density at radius 1 is 1.57 bits per heavy atom. The number of nitrogens with zero attached hydrogens (tertiary/aromatic N) is 5. The molecule has 0 aromatic carbocycles. The van der Waals surface area contributed by atoms with Crippen LogP contribution in [-0.2, 0) is 6.54 Å². The number of hydrogen-bond donors (Lipinski definition) is 0. The minimum Gasteiger partial charge on any atom is -0.300 e. The molecular formula is C9H13N5. The molecular weight excluding hydrogens is 178 g/mol. The third kappa shape index (κ3) is 3.89. The molecule has 5 heteroatoms. The van der Waals surface area contributed by atoms with E-state index in [4.69, 9.17) is 5.53 Å². The molecule has 1 rings (SSSR count). The minimum absolute atomic E-state index is 0.500. The molecule has 0 saturated carbocycles. The highest BCUT2D eigenvalue weighted by Crippen LogP contribution is 1.97. The maximum atomic E-state index is 8.10. The summed E-state index contributed by atoms with van der Waals surface area (Å²) < 4.78 is 0. The number of likely N-dealkylation sites (N-methyl/N-ethyl adjacent to an activating group) is 1. The molecule has 0 saturated heterocycles. The van der Waals surface area contributed by atoms with Gasteiger partial charge >= 0.3 is 0 Å². The molecule has 0 N–H and O–H groups in total. The number of rotatable bonds is 5. The minimum atomic E-state index is 0.500. The van der Waals surface area contributed by atoms with E-state index in [1.165, 1.54) is 0 Å². The van der Waals surface area contributed by atoms with Crippen molar-refractivity contribution >= 4 is 0 Å². The summed E-state index contributed by atoms with van der Waals surface area (Å²) in [6, 6.07) is 5.83. The van der Waals surface area contributed by atoms with E-state index in [-0.39, 0.29) is 0 Å². The molecule has 5 nitrogen and oxygen atoms in total. The van der Waals surface area contributed by atoms with Crippen LogP contribution < -0.4 is 0 Å². The first kappa shape index (κ1) is 10.5. The fourth-order valence-electron chi connectivity index (χ4n) is 1.11. The Morgan fingerprint density at radius 3 is 3.07 bits per heavy atom. The van der Waals surface area contributed by atoms with E-state index in [9.17, 15) is 0 Å². The Morgan fingerprint density at radius 2 is 2.43 bits per heavy atom. The van der Waals surface area contributed by atoms with Crippen molar-refractivity contribution in [2.45, 2.75) is 6.54 Å².